The van der Waals surface area contributed by atoms with E-state index < -0.39 is 6.09 Å². The Morgan fingerprint density at radius 1 is 1.32 bits per heavy atom. The quantitative estimate of drug-likeness (QED) is 0.829. The second-order valence-electron chi connectivity index (χ2n) is 5.01. The molecule has 1 fully saturated rings. The fraction of sp³-hybridized carbons (Fsp3) is 0.429. The molecule has 0 unspecified atom stereocenters. The predicted molar refractivity (Wildman–Crippen MR) is 72.8 cm³/mol. The highest BCUT2D eigenvalue weighted by molar-refractivity contribution is 5.77. The van der Waals surface area contributed by atoms with Crippen LogP contribution in [-0.4, -0.2) is 47.6 Å². The van der Waals surface area contributed by atoms with Gasteiger partial charge in [0.1, 0.15) is 6.29 Å². The molecule has 1 aliphatic rings. The van der Waals surface area contributed by atoms with E-state index in [4.69, 9.17) is 0 Å². The predicted octanol–water partition coefficient (Wildman–Crippen LogP) is 2.08. The number of carbonyl (C=O) groups excluding carboxylic acids is 1. The standard InChI is InChI=1S/C14H18N2O3/c1-10-7-15(8-11(2)16(10)14(18)19)13-5-3-4-12(6-13)9-17/h3-6,9-11H,7-8H2,1-2H3,(H,18,19)/t10-,11+. The lowest BCUT2D eigenvalue weighted by molar-refractivity contribution is 0.0982. The molecule has 1 heterocycles. The summed E-state index contributed by atoms with van der Waals surface area (Å²) >= 11 is 0. The molecule has 1 saturated heterocycles. The zero-order valence-corrected chi connectivity index (χ0v) is 11.1. The molecule has 0 radical (unpaired) electrons. The van der Waals surface area contributed by atoms with Crippen LogP contribution in [0.2, 0.25) is 0 Å². The first-order chi connectivity index (χ1) is 9.02. The highest BCUT2D eigenvalue weighted by atomic mass is 16.4. The summed E-state index contributed by atoms with van der Waals surface area (Å²) in [4.78, 5) is 25.6. The summed E-state index contributed by atoms with van der Waals surface area (Å²) < 4.78 is 0. The first kappa shape index (κ1) is 13.4. The number of benzene rings is 1. The first-order valence-corrected chi connectivity index (χ1v) is 6.34. The third-order valence-corrected chi connectivity index (χ3v) is 3.51. The molecule has 2 rings (SSSR count). The van der Waals surface area contributed by atoms with Crippen molar-refractivity contribution in [1.82, 2.24) is 4.90 Å². The van der Waals surface area contributed by atoms with Gasteiger partial charge in [-0.05, 0) is 26.0 Å². The molecule has 5 heteroatoms. The van der Waals surface area contributed by atoms with Crippen molar-refractivity contribution < 1.29 is 14.7 Å². The average molecular weight is 262 g/mol. The smallest absolute Gasteiger partial charge is 0.407 e. The third-order valence-electron chi connectivity index (χ3n) is 3.51. The van der Waals surface area contributed by atoms with Gasteiger partial charge in [-0.2, -0.15) is 0 Å². The van der Waals surface area contributed by atoms with Gasteiger partial charge in [0, 0.05) is 24.3 Å². The number of rotatable bonds is 2. The van der Waals surface area contributed by atoms with Crippen molar-refractivity contribution in [1.29, 1.82) is 0 Å². The Labute approximate surface area is 112 Å². The molecule has 19 heavy (non-hydrogen) atoms. The van der Waals surface area contributed by atoms with Crippen LogP contribution in [0.1, 0.15) is 24.2 Å². The molecule has 1 aliphatic heterocycles. The summed E-state index contributed by atoms with van der Waals surface area (Å²) in [5, 5.41) is 9.18. The molecule has 102 valence electrons. The average Bonchev–Trinajstić information content (AvgIpc) is 2.37. The topological polar surface area (TPSA) is 60.9 Å². The van der Waals surface area contributed by atoms with Gasteiger partial charge in [-0.3, -0.25) is 9.69 Å². The largest absolute Gasteiger partial charge is 0.465 e. The fourth-order valence-corrected chi connectivity index (χ4v) is 2.71. The van der Waals surface area contributed by atoms with Crippen LogP contribution in [0.15, 0.2) is 24.3 Å². The van der Waals surface area contributed by atoms with Crippen LogP contribution in [0, 0.1) is 0 Å². The maximum atomic E-state index is 11.2. The van der Waals surface area contributed by atoms with Crippen molar-refractivity contribution in [3.63, 3.8) is 0 Å². The van der Waals surface area contributed by atoms with Gasteiger partial charge in [0.05, 0.1) is 12.1 Å². The van der Waals surface area contributed by atoms with Crippen LogP contribution in [0.3, 0.4) is 0 Å². The third kappa shape index (κ3) is 2.70. The summed E-state index contributed by atoms with van der Waals surface area (Å²) in [7, 11) is 0. The molecule has 1 amide bonds. The molecule has 5 nitrogen and oxygen atoms in total. The summed E-state index contributed by atoms with van der Waals surface area (Å²) in [6.07, 6.45) is -0.0505. The summed E-state index contributed by atoms with van der Waals surface area (Å²) in [5.41, 5.74) is 1.60. The van der Waals surface area contributed by atoms with E-state index in [2.05, 4.69) is 4.90 Å². The molecule has 2 atom stereocenters. The van der Waals surface area contributed by atoms with Crippen molar-refractivity contribution in [2.24, 2.45) is 0 Å². The molecular weight excluding hydrogens is 244 g/mol. The second-order valence-corrected chi connectivity index (χ2v) is 5.01. The molecule has 0 aromatic heterocycles. The molecule has 0 spiro atoms. The number of nitrogens with zero attached hydrogens (tertiary/aromatic N) is 2. The van der Waals surface area contributed by atoms with Gasteiger partial charge in [0.2, 0.25) is 0 Å². The maximum absolute atomic E-state index is 11.2. The zero-order chi connectivity index (χ0) is 14.0. The van der Waals surface area contributed by atoms with E-state index in [0.29, 0.717) is 18.7 Å². The Bertz CT molecular complexity index is 477. The van der Waals surface area contributed by atoms with E-state index in [1.807, 2.05) is 32.0 Å². The van der Waals surface area contributed by atoms with Crippen molar-refractivity contribution in [3.05, 3.63) is 29.8 Å². The van der Waals surface area contributed by atoms with Gasteiger partial charge in [0.25, 0.3) is 0 Å². The SMILES string of the molecule is C[C@@H]1CN(c2cccc(C=O)c2)C[C@H](C)N1C(=O)O. The van der Waals surface area contributed by atoms with Gasteiger partial charge < -0.3 is 10.0 Å². The molecular formula is C14H18N2O3. The van der Waals surface area contributed by atoms with Crippen LogP contribution in [0.4, 0.5) is 10.5 Å². The van der Waals surface area contributed by atoms with E-state index in [-0.39, 0.29) is 12.1 Å². The van der Waals surface area contributed by atoms with E-state index >= 15 is 0 Å². The fourth-order valence-electron chi connectivity index (χ4n) is 2.71. The minimum absolute atomic E-state index is 0.0684. The number of hydrogen-bond donors (Lipinski definition) is 1. The van der Waals surface area contributed by atoms with Gasteiger partial charge >= 0.3 is 6.09 Å². The number of hydrogen-bond acceptors (Lipinski definition) is 3. The molecule has 0 bridgehead atoms. The lowest BCUT2D eigenvalue weighted by Crippen LogP contribution is -2.58. The van der Waals surface area contributed by atoms with Gasteiger partial charge in [-0.1, -0.05) is 12.1 Å². The molecule has 1 aromatic carbocycles. The minimum Gasteiger partial charge on any atom is -0.465 e. The Hall–Kier alpha value is -2.04. The lowest BCUT2D eigenvalue weighted by atomic mass is 10.1. The first-order valence-electron chi connectivity index (χ1n) is 6.34. The monoisotopic (exact) mass is 262 g/mol. The molecule has 1 N–H and O–H groups in total. The van der Waals surface area contributed by atoms with E-state index in [9.17, 15) is 14.7 Å². The number of amides is 1. The van der Waals surface area contributed by atoms with E-state index in [0.717, 1.165) is 12.0 Å². The zero-order valence-electron chi connectivity index (χ0n) is 11.1. The van der Waals surface area contributed by atoms with Crippen molar-refractivity contribution >= 4 is 18.1 Å². The van der Waals surface area contributed by atoms with Crippen molar-refractivity contribution in [3.8, 4) is 0 Å². The number of piperazine rings is 1. The second kappa shape index (κ2) is 5.30. The number of carboxylic acid groups (broad SMARTS) is 1. The highest BCUT2D eigenvalue weighted by Gasteiger charge is 2.32. The number of anilines is 1. The number of aldehydes is 1. The van der Waals surface area contributed by atoms with Crippen molar-refractivity contribution in [2.75, 3.05) is 18.0 Å². The van der Waals surface area contributed by atoms with E-state index in [1.165, 1.54) is 4.90 Å². The Morgan fingerprint density at radius 2 is 1.95 bits per heavy atom. The normalized spacial score (nSPS) is 23.3. The minimum atomic E-state index is -0.874. The van der Waals surface area contributed by atoms with Crippen LogP contribution < -0.4 is 4.90 Å². The van der Waals surface area contributed by atoms with Gasteiger partial charge in [-0.15, -0.1) is 0 Å². The maximum Gasteiger partial charge on any atom is 0.407 e. The number of carbonyl (C=O) groups is 2. The Kier molecular flexibility index (Phi) is 3.74. The Morgan fingerprint density at radius 3 is 2.47 bits per heavy atom. The molecule has 1 aromatic rings. The summed E-state index contributed by atoms with van der Waals surface area (Å²) in [5.74, 6) is 0. The lowest BCUT2D eigenvalue weighted by Gasteiger charge is -2.43. The van der Waals surface area contributed by atoms with E-state index in [1.54, 1.807) is 6.07 Å². The van der Waals surface area contributed by atoms with Crippen LogP contribution in [-0.2, 0) is 0 Å². The summed E-state index contributed by atoms with van der Waals surface area (Å²) in [6.45, 7) is 5.08. The summed E-state index contributed by atoms with van der Waals surface area (Å²) in [6, 6.07) is 7.25. The molecule has 0 aliphatic carbocycles. The van der Waals surface area contributed by atoms with Crippen LogP contribution >= 0.6 is 0 Å². The van der Waals surface area contributed by atoms with Crippen LogP contribution in [0.5, 0.6) is 0 Å². The van der Waals surface area contributed by atoms with Crippen molar-refractivity contribution in [2.45, 2.75) is 25.9 Å². The van der Waals surface area contributed by atoms with Gasteiger partial charge in [-0.25, -0.2) is 4.79 Å². The van der Waals surface area contributed by atoms with Gasteiger partial charge in [0.15, 0.2) is 0 Å². The highest BCUT2D eigenvalue weighted by Crippen LogP contribution is 2.23. The Balaban J connectivity index is 2.19. The van der Waals surface area contributed by atoms with Crippen LogP contribution in [0.25, 0.3) is 0 Å². The molecule has 0 saturated carbocycles.